The summed E-state index contributed by atoms with van der Waals surface area (Å²) in [5.41, 5.74) is 1.71. The Morgan fingerprint density at radius 2 is 1.49 bits per heavy atom. The molecule has 1 saturated carbocycles. The third-order valence-corrected chi connectivity index (χ3v) is 9.31. The summed E-state index contributed by atoms with van der Waals surface area (Å²) in [6.07, 6.45) is -4.16. The molecule has 2 aromatic rings. The molecule has 0 radical (unpaired) electrons. The minimum absolute atomic E-state index is 0.0701. The molecule has 3 saturated heterocycles. The van der Waals surface area contributed by atoms with Crippen molar-refractivity contribution in [1.29, 1.82) is 0 Å². The predicted molar refractivity (Wildman–Crippen MR) is 158 cm³/mol. The van der Waals surface area contributed by atoms with Gasteiger partial charge in [0.15, 0.2) is 0 Å². The number of nitrogens with zero attached hydrogens (tertiary/aromatic N) is 2. The fraction of sp³-hybridized carbons (Fsp3) is 0.531. The van der Waals surface area contributed by atoms with Gasteiger partial charge in [-0.15, -0.1) is 13.2 Å². The number of ether oxygens (including phenoxy) is 2. The number of piperidine rings is 1. The first-order valence-electron chi connectivity index (χ1n) is 15.5. The molecule has 4 atom stereocenters. The van der Waals surface area contributed by atoms with Crippen LogP contribution in [0.1, 0.15) is 78.8 Å². The Bertz CT molecular complexity index is 1570. The number of carbonyl (C=O) groups is 3. The number of aliphatic carboxylic acids is 2. The Balaban J connectivity index is 0.000000606. The number of likely N-dealkylation sites (tertiary alicyclic amines) is 1. The molecule has 4 aliphatic rings. The van der Waals surface area contributed by atoms with Gasteiger partial charge >= 0.3 is 24.5 Å². The second kappa shape index (κ2) is 14.2. The van der Waals surface area contributed by atoms with Crippen molar-refractivity contribution in [1.82, 2.24) is 9.80 Å². The van der Waals surface area contributed by atoms with E-state index in [1.54, 1.807) is 6.07 Å². The van der Waals surface area contributed by atoms with Gasteiger partial charge in [-0.05, 0) is 92.7 Å². The summed E-state index contributed by atoms with van der Waals surface area (Å²) in [5.74, 6) is -5.03. The summed E-state index contributed by atoms with van der Waals surface area (Å²) >= 11 is 6.01. The predicted octanol–water partition coefficient (Wildman–Crippen LogP) is 7.15. The van der Waals surface area contributed by atoms with Crippen molar-refractivity contribution >= 4 is 29.4 Å². The summed E-state index contributed by atoms with van der Waals surface area (Å²) in [4.78, 5) is 37.3. The number of carboxylic acids is 2. The van der Waals surface area contributed by atoms with Crippen molar-refractivity contribution in [3.05, 3.63) is 57.9 Å². The molecule has 17 heteroatoms. The molecule has 1 amide bonds. The van der Waals surface area contributed by atoms with Crippen molar-refractivity contribution in [3.8, 4) is 11.5 Å². The first kappa shape index (κ1) is 36.5. The molecular weight excluding hydrogens is 693 g/mol. The SMILES string of the molecule is O=C(O)C(F)(F)F.O=C(O)[C@@H]1CCCN1C(=O)c1cc(C2CC2)c(CN2[C@@H]3CC[C@H]2C[C@@H](Oc2cc(Cl)cc(OC(F)(F)F)c2)C3)cc1F. The van der Waals surface area contributed by atoms with Gasteiger partial charge in [-0.3, -0.25) is 9.69 Å². The van der Waals surface area contributed by atoms with Crippen molar-refractivity contribution in [2.75, 3.05) is 6.54 Å². The largest absolute Gasteiger partial charge is 0.573 e. The smallest absolute Gasteiger partial charge is 0.490 e. The number of hydrogen-bond acceptors (Lipinski definition) is 6. The molecule has 0 aromatic heterocycles. The molecule has 2 aromatic carbocycles. The molecule has 2 bridgehead atoms. The average molecular weight is 725 g/mol. The number of fused-ring (bicyclic) bond motifs is 2. The summed E-state index contributed by atoms with van der Waals surface area (Å²) in [7, 11) is 0. The maximum Gasteiger partial charge on any atom is 0.573 e. The van der Waals surface area contributed by atoms with Crippen LogP contribution in [-0.2, 0) is 16.1 Å². The van der Waals surface area contributed by atoms with E-state index >= 15 is 4.39 Å². The monoisotopic (exact) mass is 724 g/mol. The lowest BCUT2D eigenvalue weighted by molar-refractivity contribution is -0.274. The minimum Gasteiger partial charge on any atom is -0.490 e. The number of halogens is 8. The quantitative estimate of drug-likeness (QED) is 0.276. The molecule has 49 heavy (non-hydrogen) atoms. The van der Waals surface area contributed by atoms with E-state index in [9.17, 15) is 41.0 Å². The van der Waals surface area contributed by atoms with Crippen LogP contribution in [0.15, 0.2) is 30.3 Å². The lowest BCUT2D eigenvalue weighted by atomic mass is 9.95. The van der Waals surface area contributed by atoms with Crippen molar-refractivity contribution in [3.63, 3.8) is 0 Å². The topological polar surface area (TPSA) is 117 Å². The zero-order valence-electron chi connectivity index (χ0n) is 25.7. The highest BCUT2D eigenvalue weighted by atomic mass is 35.5. The fourth-order valence-electron chi connectivity index (χ4n) is 6.89. The van der Waals surface area contributed by atoms with E-state index in [4.69, 9.17) is 26.2 Å². The highest BCUT2D eigenvalue weighted by Crippen LogP contribution is 2.45. The van der Waals surface area contributed by atoms with Crippen LogP contribution in [0.5, 0.6) is 11.5 Å². The molecule has 0 spiro atoms. The second-order valence-corrected chi connectivity index (χ2v) is 13.0. The van der Waals surface area contributed by atoms with Crippen LogP contribution in [0, 0.1) is 5.82 Å². The van der Waals surface area contributed by atoms with Crippen LogP contribution in [-0.4, -0.2) is 81.2 Å². The maximum atomic E-state index is 15.5. The van der Waals surface area contributed by atoms with E-state index < -0.39 is 48.0 Å². The van der Waals surface area contributed by atoms with Crippen LogP contribution in [0.4, 0.5) is 30.7 Å². The zero-order chi connectivity index (χ0) is 35.8. The van der Waals surface area contributed by atoms with E-state index in [1.165, 1.54) is 23.1 Å². The van der Waals surface area contributed by atoms with Crippen molar-refractivity contribution in [2.24, 2.45) is 0 Å². The van der Waals surface area contributed by atoms with Gasteiger partial charge < -0.3 is 24.6 Å². The van der Waals surface area contributed by atoms with Gasteiger partial charge in [0.25, 0.3) is 5.91 Å². The average Bonchev–Trinajstić information content (AvgIpc) is 3.64. The summed E-state index contributed by atoms with van der Waals surface area (Å²) in [6, 6.07) is 6.18. The first-order chi connectivity index (χ1) is 22.9. The summed E-state index contributed by atoms with van der Waals surface area (Å²) in [5, 5.41) is 16.7. The van der Waals surface area contributed by atoms with E-state index in [0.717, 1.165) is 42.9 Å². The normalized spacial score (nSPS) is 23.9. The second-order valence-electron chi connectivity index (χ2n) is 12.5. The van der Waals surface area contributed by atoms with Crippen molar-refractivity contribution < 1.29 is 64.8 Å². The van der Waals surface area contributed by atoms with Gasteiger partial charge in [0.1, 0.15) is 29.5 Å². The third-order valence-electron chi connectivity index (χ3n) is 9.09. The van der Waals surface area contributed by atoms with Crippen LogP contribution in [0.2, 0.25) is 5.02 Å². The number of benzene rings is 2. The van der Waals surface area contributed by atoms with Gasteiger partial charge in [0.05, 0.1) is 5.56 Å². The fourth-order valence-corrected chi connectivity index (χ4v) is 7.11. The lowest BCUT2D eigenvalue weighted by Gasteiger charge is -2.39. The van der Waals surface area contributed by atoms with Gasteiger partial charge in [0.2, 0.25) is 0 Å². The molecule has 6 rings (SSSR count). The number of carboxylic acid groups (broad SMARTS) is 2. The molecule has 3 aliphatic heterocycles. The molecule has 4 fully saturated rings. The lowest BCUT2D eigenvalue weighted by Crippen LogP contribution is -2.46. The Morgan fingerprint density at radius 1 is 0.878 bits per heavy atom. The highest BCUT2D eigenvalue weighted by molar-refractivity contribution is 6.30. The number of amides is 1. The molecule has 3 heterocycles. The molecule has 0 unspecified atom stereocenters. The number of hydrogen-bond donors (Lipinski definition) is 2. The van der Waals surface area contributed by atoms with Crippen LogP contribution in [0.25, 0.3) is 0 Å². The van der Waals surface area contributed by atoms with Gasteiger partial charge in [-0.25, -0.2) is 14.0 Å². The summed E-state index contributed by atoms with van der Waals surface area (Å²) < 4.78 is 95.4. The molecule has 2 N–H and O–H groups in total. The highest BCUT2D eigenvalue weighted by Gasteiger charge is 2.43. The van der Waals surface area contributed by atoms with Crippen LogP contribution < -0.4 is 9.47 Å². The first-order valence-corrected chi connectivity index (χ1v) is 15.9. The van der Waals surface area contributed by atoms with Crippen molar-refractivity contribution in [2.45, 2.75) is 101 Å². The molecular formula is C32H32ClF7N2O7. The minimum atomic E-state index is -5.08. The molecule has 1 aliphatic carbocycles. The number of rotatable bonds is 8. The standard InChI is InChI=1S/C30H31ClF4N2O5.C2HF3O2/c31-18-9-21(13-23(10-18)42-30(33,34)35)41-22-11-19-5-6-20(12-22)37(19)15-17-8-26(32)25(14-24(17)16-3-4-16)28(38)36-7-1-2-27(36)29(39)40;3-2(4,5)1(6)7/h8-10,13-14,16,19-20,22,27H,1-7,11-12,15H2,(H,39,40);(H,6,7)/t19-,20+,22+,27-;/m0./s1. The van der Waals surface area contributed by atoms with E-state index in [0.29, 0.717) is 38.8 Å². The Hall–Kier alpha value is -3.79. The van der Waals surface area contributed by atoms with E-state index in [1.807, 2.05) is 0 Å². The Kier molecular flexibility index (Phi) is 10.6. The molecule has 9 nitrogen and oxygen atoms in total. The maximum absolute atomic E-state index is 15.5. The molecule has 268 valence electrons. The Morgan fingerprint density at radius 3 is 2.04 bits per heavy atom. The van der Waals surface area contributed by atoms with Crippen LogP contribution in [0.3, 0.4) is 0 Å². The van der Waals surface area contributed by atoms with Gasteiger partial charge in [-0.2, -0.15) is 13.2 Å². The summed E-state index contributed by atoms with van der Waals surface area (Å²) in [6.45, 7) is 0.809. The van der Waals surface area contributed by atoms with Crippen LogP contribution >= 0.6 is 11.6 Å². The number of alkyl halides is 6. The van der Waals surface area contributed by atoms with Gasteiger partial charge in [0, 0.05) is 36.3 Å². The number of carbonyl (C=O) groups excluding carboxylic acids is 1. The third kappa shape index (κ3) is 9.07. The zero-order valence-corrected chi connectivity index (χ0v) is 26.5. The van der Waals surface area contributed by atoms with E-state index in [-0.39, 0.29) is 40.4 Å². The van der Waals surface area contributed by atoms with E-state index in [2.05, 4.69) is 9.64 Å². The van der Waals surface area contributed by atoms with Gasteiger partial charge in [-0.1, -0.05) is 11.6 Å². The Labute approximate surface area is 280 Å².